The van der Waals surface area contributed by atoms with Crippen LogP contribution in [0.4, 0.5) is 10.5 Å². The van der Waals surface area contributed by atoms with Gasteiger partial charge in [-0.25, -0.2) is 4.79 Å². The minimum Gasteiger partial charge on any atom is -0.323 e. The van der Waals surface area contributed by atoms with E-state index in [1.54, 1.807) is 6.92 Å². The van der Waals surface area contributed by atoms with Gasteiger partial charge in [0.2, 0.25) is 5.91 Å². The molecule has 1 atom stereocenters. The van der Waals surface area contributed by atoms with Crippen molar-refractivity contribution in [3.63, 3.8) is 0 Å². The Bertz CT molecular complexity index is 1120. The molecule has 7 nitrogen and oxygen atoms in total. The molecule has 0 bridgehead atoms. The number of imide groups is 1. The van der Waals surface area contributed by atoms with Gasteiger partial charge in [0, 0.05) is 5.02 Å². The van der Waals surface area contributed by atoms with Crippen molar-refractivity contribution in [1.82, 2.24) is 10.2 Å². The zero-order valence-electron chi connectivity index (χ0n) is 16.3. The number of fused-ring (bicyclic) bond motifs is 1. The largest absolute Gasteiger partial charge is 0.325 e. The fourth-order valence-corrected chi connectivity index (χ4v) is 4.14. The highest BCUT2D eigenvalue weighted by Gasteiger charge is 2.49. The summed E-state index contributed by atoms with van der Waals surface area (Å²) < 4.78 is 0. The number of rotatable bonds is 4. The van der Waals surface area contributed by atoms with Crippen LogP contribution in [0.3, 0.4) is 0 Å². The Morgan fingerprint density at radius 3 is 2.77 bits per heavy atom. The van der Waals surface area contributed by atoms with Crippen LogP contribution in [0.25, 0.3) is 0 Å². The van der Waals surface area contributed by atoms with Gasteiger partial charge in [0.05, 0.1) is 11.3 Å². The second-order valence-corrected chi connectivity index (χ2v) is 8.07. The van der Waals surface area contributed by atoms with Crippen LogP contribution in [0.15, 0.2) is 36.4 Å². The number of hydrogen-bond donors (Lipinski definition) is 2. The Morgan fingerprint density at radius 2 is 2.00 bits per heavy atom. The second-order valence-electron chi connectivity index (χ2n) is 7.63. The fraction of sp³-hybridized carbons (Fsp3) is 0.273. The zero-order chi connectivity index (χ0) is 21.5. The third-order valence-electron chi connectivity index (χ3n) is 5.63. The lowest BCUT2D eigenvalue weighted by atomic mass is 9.89. The monoisotopic (exact) mass is 422 g/mol. The van der Waals surface area contributed by atoms with E-state index in [0.717, 1.165) is 24.2 Å². The molecule has 1 aliphatic carbocycles. The number of carbonyl (C=O) groups excluding carboxylic acids is 3. The smallest absolute Gasteiger partial charge is 0.323 e. The SMILES string of the molecule is CC1(c2ccc3c(c2)CCC3)NC(=O)N(CC(=O)Nc2cc(Cl)ccc2C#N)C1=O. The molecule has 2 aliphatic rings. The van der Waals surface area contributed by atoms with Crippen molar-refractivity contribution in [3.8, 4) is 6.07 Å². The van der Waals surface area contributed by atoms with Crippen molar-refractivity contribution in [2.45, 2.75) is 31.7 Å². The number of nitrogens with one attached hydrogen (secondary N) is 2. The van der Waals surface area contributed by atoms with Crippen molar-refractivity contribution in [2.75, 3.05) is 11.9 Å². The van der Waals surface area contributed by atoms with Gasteiger partial charge in [-0.15, -0.1) is 0 Å². The molecule has 4 amide bonds. The summed E-state index contributed by atoms with van der Waals surface area (Å²) >= 11 is 5.93. The first-order chi connectivity index (χ1) is 14.3. The molecule has 0 aromatic heterocycles. The number of hydrogen-bond acceptors (Lipinski definition) is 4. The van der Waals surface area contributed by atoms with E-state index in [2.05, 4.69) is 10.6 Å². The highest BCUT2D eigenvalue weighted by molar-refractivity contribution is 6.31. The number of benzene rings is 2. The molecule has 1 unspecified atom stereocenters. The Morgan fingerprint density at radius 1 is 1.23 bits per heavy atom. The van der Waals surface area contributed by atoms with Gasteiger partial charge < -0.3 is 10.6 Å². The molecule has 1 fully saturated rings. The molecular formula is C22H19ClN4O3. The van der Waals surface area contributed by atoms with Crippen molar-refractivity contribution < 1.29 is 14.4 Å². The molecule has 2 aromatic carbocycles. The van der Waals surface area contributed by atoms with Crippen LogP contribution >= 0.6 is 11.6 Å². The highest BCUT2D eigenvalue weighted by Crippen LogP contribution is 2.32. The standard InChI is InChI=1S/C22H19ClN4O3/c1-22(16-7-5-13-3-2-4-14(13)9-16)20(29)27(21(30)26-22)12-19(28)25-18-10-17(23)8-6-15(18)11-24/h5-10H,2-4,12H2,1H3,(H,25,28)(H,26,30). The van der Waals surface area contributed by atoms with Crippen LogP contribution in [-0.2, 0) is 28.0 Å². The average Bonchev–Trinajstić information content (AvgIpc) is 3.26. The third-order valence-corrected chi connectivity index (χ3v) is 5.86. The summed E-state index contributed by atoms with van der Waals surface area (Å²) in [6, 6.07) is 11.6. The summed E-state index contributed by atoms with van der Waals surface area (Å²) in [6.07, 6.45) is 3.05. The van der Waals surface area contributed by atoms with Crippen molar-refractivity contribution in [3.05, 3.63) is 63.7 Å². The molecule has 1 heterocycles. The first-order valence-electron chi connectivity index (χ1n) is 9.58. The summed E-state index contributed by atoms with van der Waals surface area (Å²) in [5.41, 5.74) is 2.38. The van der Waals surface area contributed by atoms with E-state index >= 15 is 0 Å². The van der Waals surface area contributed by atoms with Crippen molar-refractivity contribution in [1.29, 1.82) is 5.26 Å². The van der Waals surface area contributed by atoms with E-state index in [1.165, 1.54) is 29.3 Å². The van der Waals surface area contributed by atoms with Crippen LogP contribution in [0, 0.1) is 11.3 Å². The predicted octanol–water partition coefficient (Wildman–Crippen LogP) is 3.11. The van der Waals surface area contributed by atoms with E-state index in [-0.39, 0.29) is 11.3 Å². The van der Waals surface area contributed by atoms with Crippen molar-refractivity contribution >= 4 is 35.1 Å². The number of halogens is 1. The molecule has 1 aliphatic heterocycles. The average molecular weight is 423 g/mol. The zero-order valence-corrected chi connectivity index (χ0v) is 17.0. The number of nitriles is 1. The maximum atomic E-state index is 13.1. The maximum absolute atomic E-state index is 13.1. The van der Waals surface area contributed by atoms with E-state index in [9.17, 15) is 19.6 Å². The van der Waals surface area contributed by atoms with E-state index in [4.69, 9.17) is 11.6 Å². The van der Waals surface area contributed by atoms with Gasteiger partial charge in [-0.3, -0.25) is 14.5 Å². The molecule has 152 valence electrons. The lowest BCUT2D eigenvalue weighted by Gasteiger charge is -2.23. The van der Waals surface area contributed by atoms with Crippen LogP contribution in [0.2, 0.25) is 5.02 Å². The van der Waals surface area contributed by atoms with Gasteiger partial charge >= 0.3 is 6.03 Å². The maximum Gasteiger partial charge on any atom is 0.325 e. The van der Waals surface area contributed by atoms with E-state index in [0.29, 0.717) is 10.6 Å². The fourth-order valence-electron chi connectivity index (χ4n) is 3.97. The molecule has 30 heavy (non-hydrogen) atoms. The summed E-state index contributed by atoms with van der Waals surface area (Å²) in [6.45, 7) is 1.18. The number of carbonyl (C=O) groups is 3. The third kappa shape index (κ3) is 3.40. The van der Waals surface area contributed by atoms with Crippen LogP contribution in [0.1, 0.15) is 35.6 Å². The topological polar surface area (TPSA) is 102 Å². The Balaban J connectivity index is 1.53. The summed E-state index contributed by atoms with van der Waals surface area (Å²) in [7, 11) is 0. The summed E-state index contributed by atoms with van der Waals surface area (Å²) in [5, 5.41) is 14.8. The first-order valence-corrected chi connectivity index (χ1v) is 9.95. The normalized spacial score (nSPS) is 20.0. The van der Waals surface area contributed by atoms with E-state index in [1.807, 2.05) is 24.3 Å². The number of amides is 4. The van der Waals surface area contributed by atoms with Crippen LogP contribution < -0.4 is 10.6 Å². The number of nitrogens with zero attached hydrogens (tertiary/aromatic N) is 2. The van der Waals surface area contributed by atoms with Gasteiger partial charge in [0.25, 0.3) is 5.91 Å². The lowest BCUT2D eigenvalue weighted by Crippen LogP contribution is -2.42. The van der Waals surface area contributed by atoms with Crippen molar-refractivity contribution in [2.24, 2.45) is 0 Å². The first kappa shape index (κ1) is 19.9. The molecule has 8 heteroatoms. The quantitative estimate of drug-likeness (QED) is 0.739. The molecule has 0 spiro atoms. The minimum atomic E-state index is -1.23. The molecule has 0 radical (unpaired) electrons. The summed E-state index contributed by atoms with van der Waals surface area (Å²) in [4.78, 5) is 39.0. The number of aryl methyl sites for hydroxylation is 2. The minimum absolute atomic E-state index is 0.225. The Labute approximate surface area is 178 Å². The van der Waals surface area contributed by atoms with Crippen LogP contribution in [-0.4, -0.2) is 29.3 Å². The molecule has 1 saturated heterocycles. The van der Waals surface area contributed by atoms with Gasteiger partial charge in [-0.2, -0.15) is 5.26 Å². The second kappa shape index (κ2) is 7.47. The number of urea groups is 1. The lowest BCUT2D eigenvalue weighted by molar-refractivity contribution is -0.133. The molecular weight excluding hydrogens is 404 g/mol. The van der Waals surface area contributed by atoms with Gasteiger partial charge in [-0.05, 0) is 61.1 Å². The molecule has 4 rings (SSSR count). The summed E-state index contributed by atoms with van der Waals surface area (Å²) in [5.74, 6) is -1.09. The molecule has 2 N–H and O–H groups in total. The Kier molecular flexibility index (Phi) is 4.96. The number of anilines is 1. The predicted molar refractivity (Wildman–Crippen MR) is 111 cm³/mol. The molecule has 0 saturated carbocycles. The molecule has 2 aromatic rings. The van der Waals surface area contributed by atoms with Crippen LogP contribution in [0.5, 0.6) is 0 Å². The van der Waals surface area contributed by atoms with Gasteiger partial charge in [-0.1, -0.05) is 29.8 Å². The van der Waals surface area contributed by atoms with Gasteiger partial charge in [0.15, 0.2) is 0 Å². The van der Waals surface area contributed by atoms with Gasteiger partial charge in [0.1, 0.15) is 18.2 Å². The highest BCUT2D eigenvalue weighted by atomic mass is 35.5. The Hall–Kier alpha value is -3.37. The van der Waals surface area contributed by atoms with E-state index < -0.39 is 29.9 Å².